The summed E-state index contributed by atoms with van der Waals surface area (Å²) >= 11 is 1.46. The lowest BCUT2D eigenvalue weighted by Crippen LogP contribution is -2.58. The average Bonchev–Trinajstić information content (AvgIpc) is 2.72. The summed E-state index contributed by atoms with van der Waals surface area (Å²) in [6.07, 6.45) is 3.07. The fourth-order valence-corrected chi connectivity index (χ4v) is 3.36. The summed E-state index contributed by atoms with van der Waals surface area (Å²) in [6.45, 7) is 3.82. The van der Waals surface area contributed by atoms with Crippen LogP contribution in [-0.2, 0) is 24.0 Å². The highest BCUT2D eigenvalue weighted by atomic mass is 32.2. The molecule has 10 N–H and O–H groups in total. The van der Waals surface area contributed by atoms with Crippen LogP contribution in [0.2, 0.25) is 0 Å². The Morgan fingerprint density at radius 1 is 0.909 bits per heavy atom. The lowest BCUT2D eigenvalue weighted by molar-refractivity contribution is -0.142. The smallest absolute Gasteiger partial charge is 0.326 e. The van der Waals surface area contributed by atoms with Gasteiger partial charge in [-0.1, -0.05) is 13.8 Å². The summed E-state index contributed by atoms with van der Waals surface area (Å²) in [4.78, 5) is 60.5. The van der Waals surface area contributed by atoms with Crippen molar-refractivity contribution in [3.8, 4) is 0 Å². The predicted octanol–water partition coefficient (Wildman–Crippen LogP) is -1.73. The third-order valence-electron chi connectivity index (χ3n) is 4.81. The molecule has 4 atom stereocenters. The SMILES string of the molecule is CSCCC(NC(=O)C(N)CC(N)=O)C(=O)NC(C(=O)NC(CCCCN)C(=O)O)C(C)C. The molecule has 0 spiro atoms. The van der Waals surface area contributed by atoms with Crippen LogP contribution in [0.3, 0.4) is 0 Å². The van der Waals surface area contributed by atoms with Gasteiger partial charge in [0.25, 0.3) is 0 Å². The molecule has 0 fully saturated rings. The second kappa shape index (κ2) is 16.3. The van der Waals surface area contributed by atoms with E-state index in [9.17, 15) is 29.1 Å². The Morgan fingerprint density at radius 3 is 2.00 bits per heavy atom. The highest BCUT2D eigenvalue weighted by molar-refractivity contribution is 7.98. The average molecular weight is 491 g/mol. The van der Waals surface area contributed by atoms with Gasteiger partial charge in [0.1, 0.15) is 18.1 Å². The zero-order valence-corrected chi connectivity index (χ0v) is 20.3. The van der Waals surface area contributed by atoms with Crippen LogP contribution in [0.25, 0.3) is 0 Å². The molecule has 0 aromatic rings. The Morgan fingerprint density at radius 2 is 1.52 bits per heavy atom. The van der Waals surface area contributed by atoms with Gasteiger partial charge in [-0.05, 0) is 50.2 Å². The van der Waals surface area contributed by atoms with Crippen molar-refractivity contribution >= 4 is 41.4 Å². The van der Waals surface area contributed by atoms with Gasteiger partial charge in [0, 0.05) is 0 Å². The van der Waals surface area contributed by atoms with Crippen LogP contribution in [0.4, 0.5) is 0 Å². The first-order chi connectivity index (χ1) is 15.4. The molecule has 0 saturated heterocycles. The maximum absolute atomic E-state index is 12.9. The molecule has 0 aromatic heterocycles. The monoisotopic (exact) mass is 490 g/mol. The van der Waals surface area contributed by atoms with Crippen molar-refractivity contribution in [1.82, 2.24) is 16.0 Å². The van der Waals surface area contributed by atoms with Gasteiger partial charge in [0.15, 0.2) is 0 Å². The van der Waals surface area contributed by atoms with E-state index in [1.165, 1.54) is 11.8 Å². The maximum atomic E-state index is 12.9. The summed E-state index contributed by atoms with van der Waals surface area (Å²) in [7, 11) is 0. The predicted molar refractivity (Wildman–Crippen MR) is 126 cm³/mol. The second-order valence-electron chi connectivity index (χ2n) is 8.03. The van der Waals surface area contributed by atoms with Gasteiger partial charge in [-0.25, -0.2) is 4.79 Å². The van der Waals surface area contributed by atoms with E-state index in [4.69, 9.17) is 17.2 Å². The van der Waals surface area contributed by atoms with Gasteiger partial charge < -0.3 is 38.3 Å². The molecule has 0 heterocycles. The Balaban J connectivity index is 5.33. The molecular formula is C20H38N6O6S. The van der Waals surface area contributed by atoms with Crippen molar-refractivity contribution in [2.24, 2.45) is 23.1 Å². The first-order valence-electron chi connectivity index (χ1n) is 10.8. The summed E-state index contributed by atoms with van der Waals surface area (Å²) in [6, 6.07) is -4.35. The fourth-order valence-electron chi connectivity index (χ4n) is 2.89. The number of nitrogens with two attached hydrogens (primary N) is 3. The number of carboxylic acids is 1. The first-order valence-corrected chi connectivity index (χ1v) is 12.2. The van der Waals surface area contributed by atoms with Crippen molar-refractivity contribution < 1.29 is 29.1 Å². The number of amides is 4. The van der Waals surface area contributed by atoms with Crippen LogP contribution in [0.15, 0.2) is 0 Å². The highest BCUT2D eigenvalue weighted by Crippen LogP contribution is 2.08. The van der Waals surface area contributed by atoms with Gasteiger partial charge >= 0.3 is 5.97 Å². The standard InChI is InChI=1S/C20H38N6O6S/c1-11(2)16(19(30)25-14(20(31)32)6-4-5-8-21)26-18(29)13(7-9-33-3)24-17(28)12(22)10-15(23)27/h11-14,16H,4-10,21-22H2,1-3H3,(H2,23,27)(H,24,28)(H,25,30)(H,26,29)(H,31,32). The molecule has 33 heavy (non-hydrogen) atoms. The zero-order chi connectivity index (χ0) is 25.6. The van der Waals surface area contributed by atoms with Crippen LogP contribution >= 0.6 is 11.8 Å². The van der Waals surface area contributed by atoms with Crippen molar-refractivity contribution in [2.45, 2.75) is 70.1 Å². The Kier molecular flexibility index (Phi) is 15.1. The number of carbonyl (C=O) groups excluding carboxylic acids is 4. The molecule has 0 aromatic carbocycles. The van der Waals surface area contributed by atoms with E-state index in [1.54, 1.807) is 13.8 Å². The molecule has 12 nitrogen and oxygen atoms in total. The minimum Gasteiger partial charge on any atom is -0.480 e. The molecule has 0 rings (SSSR count). The minimum absolute atomic E-state index is 0.210. The molecule has 4 amide bonds. The zero-order valence-electron chi connectivity index (χ0n) is 19.5. The van der Waals surface area contributed by atoms with E-state index in [-0.39, 0.29) is 25.2 Å². The highest BCUT2D eigenvalue weighted by Gasteiger charge is 2.31. The molecule has 4 unspecified atom stereocenters. The van der Waals surface area contributed by atoms with Crippen molar-refractivity contribution in [1.29, 1.82) is 0 Å². The Labute approximate surface area is 198 Å². The van der Waals surface area contributed by atoms with Crippen molar-refractivity contribution in [2.75, 3.05) is 18.6 Å². The molecular weight excluding hydrogens is 452 g/mol. The van der Waals surface area contributed by atoms with E-state index in [1.807, 2.05) is 6.26 Å². The summed E-state index contributed by atoms with van der Waals surface area (Å²) in [5, 5.41) is 17.0. The van der Waals surface area contributed by atoms with Crippen molar-refractivity contribution in [3.05, 3.63) is 0 Å². The van der Waals surface area contributed by atoms with Gasteiger partial charge in [0.05, 0.1) is 12.5 Å². The molecule has 0 radical (unpaired) electrons. The lowest BCUT2D eigenvalue weighted by Gasteiger charge is -2.27. The number of hydrogen-bond donors (Lipinski definition) is 7. The number of thioether (sulfide) groups is 1. The largest absolute Gasteiger partial charge is 0.480 e. The number of unbranched alkanes of at least 4 members (excludes halogenated alkanes) is 1. The van der Waals surface area contributed by atoms with Crippen LogP contribution in [-0.4, -0.2) is 77.4 Å². The van der Waals surface area contributed by atoms with Crippen LogP contribution in [0.1, 0.15) is 46.0 Å². The van der Waals surface area contributed by atoms with Crippen LogP contribution in [0.5, 0.6) is 0 Å². The Hall–Kier alpha value is -2.38. The topological polar surface area (TPSA) is 220 Å². The van der Waals surface area contributed by atoms with E-state index in [0.717, 1.165) is 0 Å². The number of nitrogens with one attached hydrogen (secondary N) is 3. The van der Waals surface area contributed by atoms with E-state index in [0.29, 0.717) is 25.1 Å². The van der Waals surface area contributed by atoms with Gasteiger partial charge in [0.2, 0.25) is 23.6 Å². The van der Waals surface area contributed by atoms with Gasteiger partial charge in [-0.15, -0.1) is 0 Å². The van der Waals surface area contributed by atoms with Gasteiger partial charge in [-0.3, -0.25) is 19.2 Å². The van der Waals surface area contributed by atoms with Crippen LogP contribution < -0.4 is 33.2 Å². The molecule has 13 heteroatoms. The van der Waals surface area contributed by atoms with E-state index >= 15 is 0 Å². The number of primary amides is 1. The van der Waals surface area contributed by atoms with E-state index in [2.05, 4.69) is 16.0 Å². The summed E-state index contributed by atoms with van der Waals surface area (Å²) in [5.74, 6) is -3.73. The third-order valence-corrected chi connectivity index (χ3v) is 5.45. The third kappa shape index (κ3) is 12.4. The number of rotatable bonds is 17. The quantitative estimate of drug-likeness (QED) is 0.115. The van der Waals surface area contributed by atoms with E-state index < -0.39 is 53.8 Å². The van der Waals surface area contributed by atoms with Crippen molar-refractivity contribution in [3.63, 3.8) is 0 Å². The summed E-state index contributed by atoms with van der Waals surface area (Å²) in [5.41, 5.74) is 16.1. The number of aliphatic carboxylic acids is 1. The Bertz CT molecular complexity index is 677. The number of carbonyl (C=O) groups is 5. The summed E-state index contributed by atoms with van der Waals surface area (Å²) < 4.78 is 0. The normalized spacial score (nSPS) is 14.6. The maximum Gasteiger partial charge on any atom is 0.326 e. The second-order valence-corrected chi connectivity index (χ2v) is 9.02. The molecule has 0 aliphatic heterocycles. The van der Waals surface area contributed by atoms with Crippen LogP contribution in [0, 0.1) is 5.92 Å². The minimum atomic E-state index is -1.21. The molecule has 0 aliphatic rings. The lowest BCUT2D eigenvalue weighted by atomic mass is 10.0. The first kappa shape index (κ1) is 30.6. The molecule has 190 valence electrons. The molecule has 0 aliphatic carbocycles. The van der Waals surface area contributed by atoms with Gasteiger partial charge in [-0.2, -0.15) is 11.8 Å². The fraction of sp³-hybridized carbons (Fsp3) is 0.750. The molecule has 0 saturated carbocycles. The molecule has 0 bridgehead atoms. The number of hydrogen-bond acceptors (Lipinski definition) is 8. The number of carboxylic acid groups (broad SMARTS) is 1.